The van der Waals surface area contributed by atoms with Crippen LogP contribution in [0.15, 0.2) is 48.5 Å². The van der Waals surface area contributed by atoms with E-state index in [1.54, 1.807) is 0 Å². The molecule has 0 bridgehead atoms. The monoisotopic (exact) mass is 464 g/mol. The van der Waals surface area contributed by atoms with Gasteiger partial charge in [0.1, 0.15) is 5.82 Å². The molecule has 3 aromatic rings. The van der Waals surface area contributed by atoms with Crippen molar-refractivity contribution in [3.63, 3.8) is 0 Å². The molecule has 2 aliphatic heterocycles. The van der Waals surface area contributed by atoms with Crippen LogP contribution < -0.4 is 10.2 Å². The molecule has 7 heteroatoms. The number of carbonyl (C=O) groups is 1. The first kappa shape index (κ1) is 22.7. The molecule has 34 heavy (non-hydrogen) atoms. The summed E-state index contributed by atoms with van der Waals surface area (Å²) in [6, 6.07) is 15.7. The number of benzene rings is 2. The molecule has 2 fully saturated rings. The van der Waals surface area contributed by atoms with E-state index in [2.05, 4.69) is 34.6 Å². The molecule has 2 aromatic carbocycles. The fourth-order valence-electron chi connectivity index (χ4n) is 5.29. The average Bonchev–Trinajstić information content (AvgIpc) is 3.26. The molecule has 6 nitrogen and oxygen atoms in total. The summed E-state index contributed by atoms with van der Waals surface area (Å²) in [5.41, 5.74) is 3.77. The zero-order valence-corrected chi connectivity index (χ0v) is 19.9. The lowest BCUT2D eigenvalue weighted by Crippen LogP contribution is -2.45. The minimum atomic E-state index is -0.257. The molecule has 0 aliphatic carbocycles. The van der Waals surface area contributed by atoms with Crippen LogP contribution in [0.5, 0.6) is 0 Å². The Kier molecular flexibility index (Phi) is 6.46. The van der Waals surface area contributed by atoms with E-state index >= 15 is 0 Å². The number of aromatic amines is 1. The third-order valence-electron chi connectivity index (χ3n) is 6.99. The Bertz CT molecular complexity index is 1110. The molecule has 5 rings (SSSR count). The van der Waals surface area contributed by atoms with Gasteiger partial charge in [0.15, 0.2) is 0 Å². The molecule has 2 aliphatic rings. The van der Waals surface area contributed by atoms with Gasteiger partial charge in [-0.3, -0.25) is 0 Å². The number of carbonyl (C=O) groups excluding carboxylic acids is 1. The molecule has 1 aromatic heterocycles. The molecular weight excluding hydrogens is 431 g/mol. The second-order valence-corrected chi connectivity index (χ2v) is 9.68. The number of morpholine rings is 1. The van der Waals surface area contributed by atoms with E-state index in [4.69, 9.17) is 4.74 Å². The highest BCUT2D eigenvalue weighted by molar-refractivity contribution is 5.80. The molecule has 2 amide bonds. The fourth-order valence-corrected chi connectivity index (χ4v) is 5.29. The predicted molar refractivity (Wildman–Crippen MR) is 133 cm³/mol. The maximum absolute atomic E-state index is 14.8. The van der Waals surface area contributed by atoms with Crippen molar-refractivity contribution < 1.29 is 13.9 Å². The van der Waals surface area contributed by atoms with Gasteiger partial charge in [-0.2, -0.15) is 0 Å². The number of nitrogens with one attached hydrogen (secondary N) is 2. The van der Waals surface area contributed by atoms with E-state index in [1.807, 2.05) is 41.8 Å². The van der Waals surface area contributed by atoms with E-state index in [0.29, 0.717) is 44.3 Å². The van der Waals surface area contributed by atoms with Crippen LogP contribution in [0.3, 0.4) is 0 Å². The van der Waals surface area contributed by atoms with E-state index in [1.165, 1.54) is 17.1 Å². The topological polar surface area (TPSA) is 60.6 Å². The number of ether oxygens (including phenoxy) is 1. The Morgan fingerprint density at radius 2 is 1.82 bits per heavy atom. The standard InChI is InChI=1S/C27H33FN4O2/c1-18-16-32(17-19(2)34-18)26-8-7-20(13-23(26)28)15-29-27(33)31-11-9-21(10-12-31)25-14-22-5-3-4-6-24(22)30-25/h3-8,13-14,18-19,21,30H,9-12,15-17H2,1-2H3,(H,29,33). The first-order chi connectivity index (χ1) is 16.5. The number of halogens is 1. The van der Waals surface area contributed by atoms with Gasteiger partial charge in [-0.1, -0.05) is 24.3 Å². The Morgan fingerprint density at radius 3 is 2.53 bits per heavy atom. The number of hydrogen-bond acceptors (Lipinski definition) is 3. The van der Waals surface area contributed by atoms with E-state index in [0.717, 1.165) is 23.9 Å². The van der Waals surface area contributed by atoms with Crippen LogP contribution >= 0.6 is 0 Å². The van der Waals surface area contributed by atoms with Crippen molar-refractivity contribution in [2.24, 2.45) is 0 Å². The average molecular weight is 465 g/mol. The molecule has 0 radical (unpaired) electrons. The summed E-state index contributed by atoms with van der Waals surface area (Å²) in [5.74, 6) is 0.177. The van der Waals surface area contributed by atoms with E-state index in [9.17, 15) is 9.18 Å². The molecule has 2 unspecified atom stereocenters. The van der Waals surface area contributed by atoms with Gasteiger partial charge < -0.3 is 24.8 Å². The number of fused-ring (bicyclic) bond motifs is 1. The largest absolute Gasteiger partial charge is 0.372 e. The first-order valence-corrected chi connectivity index (χ1v) is 12.3. The predicted octanol–water partition coefficient (Wildman–Crippen LogP) is 5.01. The Labute approximate surface area is 200 Å². The van der Waals surface area contributed by atoms with Gasteiger partial charge in [0.25, 0.3) is 0 Å². The second-order valence-electron chi connectivity index (χ2n) is 9.68. The summed E-state index contributed by atoms with van der Waals surface area (Å²) in [6.45, 7) is 7.10. The number of hydrogen-bond donors (Lipinski definition) is 2. The number of amides is 2. The third kappa shape index (κ3) is 4.89. The van der Waals surface area contributed by atoms with Gasteiger partial charge in [0.2, 0.25) is 0 Å². The van der Waals surface area contributed by atoms with Crippen LogP contribution in [-0.4, -0.2) is 54.3 Å². The minimum absolute atomic E-state index is 0.0716. The molecular formula is C27H33FN4O2. The Hall–Kier alpha value is -3.06. The summed E-state index contributed by atoms with van der Waals surface area (Å²) in [5, 5.41) is 4.19. The van der Waals surface area contributed by atoms with E-state index < -0.39 is 0 Å². The lowest BCUT2D eigenvalue weighted by atomic mass is 9.94. The van der Waals surface area contributed by atoms with Gasteiger partial charge >= 0.3 is 6.03 Å². The quantitative estimate of drug-likeness (QED) is 0.571. The van der Waals surface area contributed by atoms with Gasteiger partial charge in [-0.25, -0.2) is 9.18 Å². The Balaban J connectivity index is 1.13. The molecule has 0 saturated carbocycles. The van der Waals surface area contributed by atoms with Gasteiger partial charge in [0, 0.05) is 49.9 Å². The molecule has 0 spiro atoms. The molecule has 2 saturated heterocycles. The highest BCUT2D eigenvalue weighted by atomic mass is 19.1. The summed E-state index contributed by atoms with van der Waals surface area (Å²) in [7, 11) is 0. The maximum atomic E-state index is 14.8. The van der Waals surface area contributed by atoms with Crippen molar-refractivity contribution in [2.45, 2.75) is 51.4 Å². The van der Waals surface area contributed by atoms with Gasteiger partial charge in [0.05, 0.1) is 17.9 Å². The molecule has 180 valence electrons. The summed E-state index contributed by atoms with van der Waals surface area (Å²) in [4.78, 5) is 20.1. The van der Waals surface area contributed by atoms with Crippen molar-refractivity contribution in [1.82, 2.24) is 15.2 Å². The van der Waals surface area contributed by atoms with Crippen molar-refractivity contribution in [1.29, 1.82) is 0 Å². The van der Waals surface area contributed by atoms with Gasteiger partial charge in [-0.05, 0) is 61.9 Å². The van der Waals surface area contributed by atoms with Crippen molar-refractivity contribution in [3.8, 4) is 0 Å². The number of anilines is 1. The highest BCUT2D eigenvalue weighted by Gasteiger charge is 2.26. The van der Waals surface area contributed by atoms with Crippen LogP contribution in [0.2, 0.25) is 0 Å². The summed E-state index contributed by atoms with van der Waals surface area (Å²) < 4.78 is 20.6. The highest BCUT2D eigenvalue weighted by Crippen LogP contribution is 2.30. The van der Waals surface area contributed by atoms with Crippen LogP contribution in [0.1, 0.15) is 43.9 Å². The molecule has 3 heterocycles. The van der Waals surface area contributed by atoms with Gasteiger partial charge in [-0.15, -0.1) is 0 Å². The number of piperidine rings is 1. The maximum Gasteiger partial charge on any atom is 0.317 e. The minimum Gasteiger partial charge on any atom is -0.372 e. The van der Waals surface area contributed by atoms with E-state index in [-0.39, 0.29) is 24.1 Å². The Morgan fingerprint density at radius 1 is 1.09 bits per heavy atom. The number of aromatic nitrogens is 1. The smallest absolute Gasteiger partial charge is 0.317 e. The zero-order chi connectivity index (χ0) is 23.7. The lowest BCUT2D eigenvalue weighted by molar-refractivity contribution is -0.00539. The van der Waals surface area contributed by atoms with Crippen LogP contribution in [0.4, 0.5) is 14.9 Å². The summed E-state index contributed by atoms with van der Waals surface area (Å²) in [6.07, 6.45) is 2.00. The van der Waals surface area contributed by atoms with Crippen LogP contribution in [0.25, 0.3) is 10.9 Å². The summed E-state index contributed by atoms with van der Waals surface area (Å²) >= 11 is 0. The lowest BCUT2D eigenvalue weighted by Gasteiger charge is -2.37. The molecule has 2 atom stereocenters. The van der Waals surface area contributed by atoms with Crippen LogP contribution in [-0.2, 0) is 11.3 Å². The number of para-hydroxylation sites is 1. The number of rotatable bonds is 4. The first-order valence-electron chi connectivity index (χ1n) is 12.3. The zero-order valence-electron chi connectivity index (χ0n) is 19.9. The van der Waals surface area contributed by atoms with Crippen molar-refractivity contribution >= 4 is 22.6 Å². The number of likely N-dealkylation sites (tertiary alicyclic amines) is 1. The second kappa shape index (κ2) is 9.66. The van der Waals surface area contributed by atoms with Crippen LogP contribution in [0, 0.1) is 5.82 Å². The SMILES string of the molecule is CC1CN(c2ccc(CNC(=O)N3CCC(c4cc5ccccc5[nH]4)CC3)cc2F)CC(C)O1. The van der Waals surface area contributed by atoms with Crippen molar-refractivity contribution in [2.75, 3.05) is 31.1 Å². The number of nitrogens with zero attached hydrogens (tertiary/aromatic N) is 2. The fraction of sp³-hybridized carbons (Fsp3) is 0.444. The molecule has 2 N–H and O–H groups in total. The normalized spacial score (nSPS) is 21.7. The third-order valence-corrected chi connectivity index (χ3v) is 6.99. The number of H-pyrrole nitrogens is 1. The van der Waals surface area contributed by atoms with Crippen molar-refractivity contribution in [3.05, 3.63) is 65.6 Å². The number of urea groups is 1.